The number of nitrogens with zero attached hydrogens (tertiary/aromatic N) is 3. The molecule has 1 aliphatic rings. The van der Waals surface area contributed by atoms with Gasteiger partial charge in [0.05, 0.1) is 24.4 Å². The van der Waals surface area contributed by atoms with Crippen molar-refractivity contribution in [2.24, 2.45) is 0 Å². The molecular formula is C44H55F4N7O6. The first-order valence-corrected chi connectivity index (χ1v) is 19.7. The zero-order chi connectivity index (χ0) is 45.1. The number of allylic oxidation sites excluding steroid dienone is 1. The van der Waals surface area contributed by atoms with Gasteiger partial charge in [-0.25, -0.2) is 28.4 Å². The molecule has 0 spiro atoms. The largest absolute Gasteiger partial charge is 0.444 e. The van der Waals surface area contributed by atoms with Crippen molar-refractivity contribution in [2.75, 3.05) is 24.5 Å². The van der Waals surface area contributed by atoms with Crippen LogP contribution >= 0.6 is 0 Å². The molecule has 2 heterocycles. The monoisotopic (exact) mass is 853 g/mol. The van der Waals surface area contributed by atoms with Crippen molar-refractivity contribution < 1.29 is 46.5 Å². The smallest absolute Gasteiger partial charge is 0.422 e. The van der Waals surface area contributed by atoms with Gasteiger partial charge in [-0.05, 0) is 109 Å². The highest BCUT2D eigenvalue weighted by molar-refractivity contribution is 6.08. The third kappa shape index (κ3) is 16.0. The average molecular weight is 854 g/mol. The third-order valence-electron chi connectivity index (χ3n) is 8.82. The summed E-state index contributed by atoms with van der Waals surface area (Å²) in [6.07, 6.45) is 0.0604. The van der Waals surface area contributed by atoms with Crippen LogP contribution in [0.25, 0.3) is 5.57 Å². The molecule has 0 bridgehead atoms. The minimum atomic E-state index is -2.97. The second kappa shape index (κ2) is 21.2. The highest BCUT2D eigenvalue weighted by Gasteiger charge is 2.30. The molecule has 5 N–H and O–H groups in total. The normalized spacial score (nSPS) is 16.9. The summed E-state index contributed by atoms with van der Waals surface area (Å²) in [6, 6.07) is 11.6. The lowest BCUT2D eigenvalue weighted by molar-refractivity contribution is -0.00547. The Bertz CT molecular complexity index is 2030. The van der Waals surface area contributed by atoms with Crippen LogP contribution < -0.4 is 21.0 Å². The molecule has 0 saturated carbocycles. The summed E-state index contributed by atoms with van der Waals surface area (Å²) in [5.41, 5.74) is 1.69. The van der Waals surface area contributed by atoms with Gasteiger partial charge >= 0.3 is 18.7 Å². The van der Waals surface area contributed by atoms with Gasteiger partial charge in [0.1, 0.15) is 28.7 Å². The number of pyridine rings is 1. The van der Waals surface area contributed by atoms with Gasteiger partial charge in [-0.1, -0.05) is 24.0 Å². The standard InChI is InChI=1S/C44H55F4N7O6/c1-27-23-54(24-28(2)59-27)39-16-15-31(21-50-39)14-11-29-9-12-30(13-10-29)17-37(52-41(57)60-43(3,4)5)38(56)26-55(53-42(58)61-44(6,7)8)25-34-35(45)18-32(19-36(34)46)33(20-49)22-51-40(47)48/h9-10,12-13,15-16,18-22,27-28,37-38,40,49,51,56H,17,23-26H2,1-8H3,(H,52,57)(H,53,58)/b33-22+,49-20?/t27-,28+,37-,38-/m0/s1. The number of morpholine rings is 1. The van der Waals surface area contributed by atoms with Gasteiger partial charge in [0.15, 0.2) is 0 Å². The van der Waals surface area contributed by atoms with Gasteiger partial charge in [-0.15, -0.1) is 0 Å². The molecule has 2 amide bonds. The highest BCUT2D eigenvalue weighted by atomic mass is 19.3. The summed E-state index contributed by atoms with van der Waals surface area (Å²) in [7, 11) is 0. The van der Waals surface area contributed by atoms with Crippen LogP contribution in [0, 0.1) is 28.9 Å². The van der Waals surface area contributed by atoms with E-state index >= 15 is 8.78 Å². The number of hydrogen-bond acceptors (Lipinski definition) is 11. The summed E-state index contributed by atoms with van der Waals surface area (Å²) >= 11 is 0. The number of aliphatic hydroxyl groups excluding tert-OH is 1. The van der Waals surface area contributed by atoms with Crippen LogP contribution in [0.3, 0.4) is 0 Å². The molecule has 0 unspecified atom stereocenters. The number of nitrogens with one attached hydrogen (secondary N) is 4. The summed E-state index contributed by atoms with van der Waals surface area (Å²) in [4.78, 5) is 32.7. The Morgan fingerprint density at radius 3 is 2.08 bits per heavy atom. The molecule has 2 aromatic carbocycles. The minimum Gasteiger partial charge on any atom is -0.444 e. The quantitative estimate of drug-likeness (QED) is 0.0379. The van der Waals surface area contributed by atoms with Gasteiger partial charge in [-0.2, -0.15) is 8.78 Å². The topological polar surface area (TPSA) is 161 Å². The number of aliphatic hydroxyl groups is 1. The van der Waals surface area contributed by atoms with E-state index in [2.05, 4.69) is 32.5 Å². The Kier molecular flexibility index (Phi) is 16.7. The number of carbonyl (C=O) groups is 2. The number of hydrazine groups is 1. The van der Waals surface area contributed by atoms with Crippen LogP contribution in [0.15, 0.2) is 60.9 Å². The number of ether oxygens (including phenoxy) is 3. The van der Waals surface area contributed by atoms with E-state index < -0.39 is 72.4 Å². The van der Waals surface area contributed by atoms with Crippen molar-refractivity contribution in [3.8, 4) is 11.8 Å². The molecule has 3 aromatic rings. The number of anilines is 1. The SMILES string of the molecule is C[C@@H]1CN(c2ccc(C#Cc3ccc(C[C@H](NC(=O)OC(C)(C)C)[C@@H](O)CN(Cc4c(F)cc(/C(C=N)=C/NC(F)F)cc4F)NC(=O)OC(C)(C)C)cc3)cn2)C[C@H](C)O1. The van der Waals surface area contributed by atoms with Crippen molar-refractivity contribution >= 4 is 29.8 Å². The molecule has 61 heavy (non-hydrogen) atoms. The van der Waals surface area contributed by atoms with E-state index in [0.29, 0.717) is 17.3 Å². The highest BCUT2D eigenvalue weighted by Crippen LogP contribution is 2.23. The van der Waals surface area contributed by atoms with Crippen molar-refractivity contribution in [3.63, 3.8) is 0 Å². The summed E-state index contributed by atoms with van der Waals surface area (Å²) in [6.45, 7) is 11.3. The predicted molar refractivity (Wildman–Crippen MR) is 224 cm³/mol. The Hall–Kier alpha value is -5.70. The van der Waals surface area contributed by atoms with Crippen LogP contribution in [0.1, 0.15) is 83.2 Å². The van der Waals surface area contributed by atoms with Crippen LogP contribution in [0.4, 0.5) is 33.0 Å². The molecule has 0 radical (unpaired) electrons. The van der Waals surface area contributed by atoms with E-state index in [-0.39, 0.29) is 29.8 Å². The Balaban J connectivity index is 1.56. The molecule has 1 aromatic heterocycles. The number of rotatable bonds is 14. The van der Waals surface area contributed by atoms with Gasteiger partial charge in [0, 0.05) is 67.1 Å². The van der Waals surface area contributed by atoms with E-state index in [1.165, 1.54) is 0 Å². The Labute approximate surface area is 354 Å². The summed E-state index contributed by atoms with van der Waals surface area (Å²) in [5.74, 6) is 4.84. The zero-order valence-electron chi connectivity index (χ0n) is 35.6. The molecule has 13 nitrogen and oxygen atoms in total. The number of carbonyl (C=O) groups excluding carboxylic acids is 2. The number of aromatic nitrogens is 1. The lowest BCUT2D eigenvalue weighted by Crippen LogP contribution is -2.54. The molecule has 17 heteroatoms. The Morgan fingerprint density at radius 1 is 0.967 bits per heavy atom. The molecule has 1 saturated heterocycles. The summed E-state index contributed by atoms with van der Waals surface area (Å²) in [5, 5.41) is 24.6. The maximum Gasteiger partial charge on any atom is 0.422 e. The van der Waals surface area contributed by atoms with Crippen LogP contribution in [-0.2, 0) is 27.2 Å². The maximum atomic E-state index is 15.5. The van der Waals surface area contributed by atoms with Crippen LogP contribution in [-0.4, -0.2) is 95.2 Å². The van der Waals surface area contributed by atoms with Gasteiger partial charge in [0.25, 0.3) is 0 Å². The predicted octanol–water partition coefficient (Wildman–Crippen LogP) is 6.91. The zero-order valence-corrected chi connectivity index (χ0v) is 35.6. The van der Waals surface area contributed by atoms with Gasteiger partial charge in [-0.3, -0.25) is 5.43 Å². The van der Waals surface area contributed by atoms with Crippen molar-refractivity contribution in [1.29, 1.82) is 5.41 Å². The third-order valence-corrected chi connectivity index (χ3v) is 8.82. The number of alkyl halides is 2. The second-order valence-electron chi connectivity index (χ2n) is 16.7. The van der Waals surface area contributed by atoms with Crippen molar-refractivity contribution in [1.82, 2.24) is 26.1 Å². The summed E-state index contributed by atoms with van der Waals surface area (Å²) < 4.78 is 73.2. The molecule has 1 aliphatic heterocycles. The second-order valence-corrected chi connectivity index (χ2v) is 16.7. The number of alkyl carbamates (subject to hydrolysis) is 1. The molecule has 4 atom stereocenters. The Morgan fingerprint density at radius 2 is 1.54 bits per heavy atom. The van der Waals surface area contributed by atoms with Crippen LogP contribution in [0.5, 0.6) is 0 Å². The first kappa shape index (κ1) is 48.0. The van der Waals surface area contributed by atoms with Gasteiger partial charge < -0.3 is 40.3 Å². The molecular weight excluding hydrogens is 799 g/mol. The van der Waals surface area contributed by atoms with Crippen molar-refractivity contribution in [3.05, 3.63) is 100 Å². The van der Waals surface area contributed by atoms with Crippen LogP contribution in [0.2, 0.25) is 0 Å². The first-order chi connectivity index (χ1) is 28.6. The maximum absolute atomic E-state index is 15.5. The molecule has 0 aliphatic carbocycles. The number of hydrogen-bond donors (Lipinski definition) is 5. The average Bonchev–Trinajstić information content (AvgIpc) is 3.14. The van der Waals surface area contributed by atoms with Gasteiger partial charge in [0.2, 0.25) is 0 Å². The van der Waals surface area contributed by atoms with E-state index in [1.54, 1.807) is 77.3 Å². The number of halogens is 4. The molecule has 4 rings (SSSR count). The number of benzene rings is 2. The fourth-order valence-electron chi connectivity index (χ4n) is 6.28. The van der Waals surface area contributed by atoms with Crippen molar-refractivity contribution in [2.45, 2.75) is 110 Å². The molecule has 330 valence electrons. The number of amides is 2. The van der Waals surface area contributed by atoms with E-state index in [1.807, 2.05) is 26.0 Å². The lowest BCUT2D eigenvalue weighted by Gasteiger charge is -2.36. The minimum absolute atomic E-state index is 0.0569. The molecule has 1 fully saturated rings. The first-order valence-electron chi connectivity index (χ1n) is 19.7. The van der Waals surface area contributed by atoms with E-state index in [4.69, 9.17) is 19.6 Å². The van der Waals surface area contributed by atoms with E-state index in [9.17, 15) is 23.5 Å². The fraction of sp³-hybridized carbons (Fsp3) is 0.455. The fourth-order valence-corrected chi connectivity index (χ4v) is 6.28. The van der Waals surface area contributed by atoms with E-state index in [0.717, 1.165) is 47.8 Å². The lowest BCUT2D eigenvalue weighted by atomic mass is 9.99.